The topological polar surface area (TPSA) is 53.1 Å². The largest absolute Gasteiger partial charge is 0.477 e. The van der Waals surface area contributed by atoms with E-state index in [0.717, 1.165) is 6.07 Å². The number of carbonyl (C=O) groups is 1. The van der Waals surface area contributed by atoms with Crippen LogP contribution in [0.1, 0.15) is 10.5 Å². The molecule has 0 unspecified atom stereocenters. The molecule has 0 spiro atoms. The summed E-state index contributed by atoms with van der Waals surface area (Å²) in [6.07, 6.45) is 0. The molecule has 0 saturated carbocycles. The van der Waals surface area contributed by atoms with Gasteiger partial charge >= 0.3 is 5.97 Å². The van der Waals surface area contributed by atoms with E-state index in [9.17, 15) is 13.6 Å². The smallest absolute Gasteiger partial charge is 0.352 e. The Hall–Kier alpha value is -1.62. The zero-order valence-electron chi connectivity index (χ0n) is 7.14. The van der Waals surface area contributed by atoms with Gasteiger partial charge in [0.15, 0.2) is 0 Å². The molecule has 0 saturated heterocycles. The number of aromatic amines is 1. The van der Waals surface area contributed by atoms with Crippen LogP contribution in [0, 0.1) is 11.6 Å². The molecule has 0 radical (unpaired) electrons. The highest BCUT2D eigenvalue weighted by atomic mass is 35.5. The van der Waals surface area contributed by atoms with Crippen molar-refractivity contribution in [1.82, 2.24) is 4.98 Å². The van der Waals surface area contributed by atoms with Gasteiger partial charge in [0.25, 0.3) is 0 Å². The minimum absolute atomic E-state index is 0.0200. The highest BCUT2D eigenvalue weighted by molar-refractivity contribution is 6.35. The second-order valence-corrected chi connectivity index (χ2v) is 3.31. The molecule has 6 heteroatoms. The van der Waals surface area contributed by atoms with Crippen molar-refractivity contribution in [2.45, 2.75) is 0 Å². The van der Waals surface area contributed by atoms with E-state index >= 15 is 0 Å². The molecule has 1 aromatic carbocycles. The third-order valence-electron chi connectivity index (χ3n) is 1.99. The van der Waals surface area contributed by atoms with Gasteiger partial charge in [-0.25, -0.2) is 13.6 Å². The van der Waals surface area contributed by atoms with Crippen molar-refractivity contribution in [2.75, 3.05) is 0 Å². The third kappa shape index (κ3) is 1.45. The number of halogens is 3. The fourth-order valence-electron chi connectivity index (χ4n) is 1.31. The maximum absolute atomic E-state index is 13.2. The second-order valence-electron chi connectivity index (χ2n) is 2.93. The summed E-state index contributed by atoms with van der Waals surface area (Å²) in [6.45, 7) is 0. The number of aromatic nitrogens is 1. The van der Waals surface area contributed by atoms with Gasteiger partial charge in [-0.2, -0.15) is 0 Å². The van der Waals surface area contributed by atoms with Gasteiger partial charge in [0, 0.05) is 11.5 Å². The lowest BCUT2D eigenvalue weighted by Gasteiger charge is -1.96. The number of benzene rings is 1. The Bertz CT molecular complexity index is 565. The standard InChI is InChI=1S/C9H4ClF2NO2/c10-7-3-1-6(9(14)15)13-8(3)5(12)2-4(7)11/h1-2,13H,(H,14,15). The van der Waals surface area contributed by atoms with Crippen molar-refractivity contribution >= 4 is 28.5 Å². The molecular weight excluding hydrogens is 228 g/mol. The summed E-state index contributed by atoms with van der Waals surface area (Å²) in [5.74, 6) is -3.06. The predicted octanol–water partition coefficient (Wildman–Crippen LogP) is 2.80. The van der Waals surface area contributed by atoms with Gasteiger partial charge in [-0.05, 0) is 6.07 Å². The number of fused-ring (bicyclic) bond motifs is 1. The Morgan fingerprint density at radius 2 is 2.00 bits per heavy atom. The number of hydrogen-bond acceptors (Lipinski definition) is 1. The van der Waals surface area contributed by atoms with Gasteiger partial charge in [0.1, 0.15) is 17.3 Å². The van der Waals surface area contributed by atoms with Crippen molar-refractivity contribution in [3.05, 3.63) is 34.5 Å². The summed E-state index contributed by atoms with van der Waals surface area (Å²) in [6, 6.07) is 1.69. The van der Waals surface area contributed by atoms with Crippen LogP contribution in [0.4, 0.5) is 8.78 Å². The van der Waals surface area contributed by atoms with Crippen LogP contribution in [0.25, 0.3) is 10.9 Å². The van der Waals surface area contributed by atoms with E-state index in [0.29, 0.717) is 6.07 Å². The SMILES string of the molecule is O=C(O)c1cc2c(Cl)c(F)cc(F)c2[nH]1. The maximum atomic E-state index is 13.2. The predicted molar refractivity (Wildman–Crippen MR) is 50.2 cm³/mol. The molecule has 2 rings (SSSR count). The first-order valence-electron chi connectivity index (χ1n) is 3.90. The number of hydrogen-bond donors (Lipinski definition) is 2. The molecule has 1 aromatic heterocycles. The number of aromatic carboxylic acids is 1. The molecule has 0 fully saturated rings. The van der Waals surface area contributed by atoms with Crippen LogP contribution < -0.4 is 0 Å². The fraction of sp³-hybridized carbons (Fsp3) is 0. The lowest BCUT2D eigenvalue weighted by molar-refractivity contribution is 0.0691. The number of nitrogens with one attached hydrogen (secondary N) is 1. The van der Waals surface area contributed by atoms with E-state index in [1.54, 1.807) is 0 Å². The lowest BCUT2D eigenvalue weighted by atomic mass is 10.2. The molecule has 0 bridgehead atoms. The number of carboxylic acid groups (broad SMARTS) is 1. The molecular formula is C9H4ClF2NO2. The minimum Gasteiger partial charge on any atom is -0.477 e. The number of carboxylic acids is 1. The van der Waals surface area contributed by atoms with Gasteiger partial charge in [0.2, 0.25) is 0 Å². The first-order valence-corrected chi connectivity index (χ1v) is 4.28. The zero-order valence-corrected chi connectivity index (χ0v) is 7.90. The van der Waals surface area contributed by atoms with Gasteiger partial charge < -0.3 is 10.1 Å². The Labute approximate surface area is 87.3 Å². The van der Waals surface area contributed by atoms with Crippen molar-refractivity contribution in [2.24, 2.45) is 0 Å². The van der Waals surface area contributed by atoms with Crippen molar-refractivity contribution in [1.29, 1.82) is 0 Å². The Balaban J connectivity index is 2.85. The summed E-state index contributed by atoms with van der Waals surface area (Å²) in [5, 5.41) is 8.37. The third-order valence-corrected chi connectivity index (χ3v) is 2.37. The molecule has 0 aliphatic heterocycles. The van der Waals surface area contributed by atoms with Gasteiger partial charge in [0.05, 0.1) is 10.5 Å². The van der Waals surface area contributed by atoms with Crippen LogP contribution in [0.2, 0.25) is 5.02 Å². The van der Waals surface area contributed by atoms with E-state index in [4.69, 9.17) is 16.7 Å². The van der Waals surface area contributed by atoms with E-state index in [-0.39, 0.29) is 21.6 Å². The van der Waals surface area contributed by atoms with Crippen LogP contribution in [0.3, 0.4) is 0 Å². The van der Waals surface area contributed by atoms with E-state index in [2.05, 4.69) is 4.98 Å². The normalized spacial score (nSPS) is 10.9. The molecule has 78 valence electrons. The molecule has 15 heavy (non-hydrogen) atoms. The van der Waals surface area contributed by atoms with Gasteiger partial charge in [-0.1, -0.05) is 11.6 Å². The average Bonchev–Trinajstić information content (AvgIpc) is 2.59. The van der Waals surface area contributed by atoms with E-state index < -0.39 is 17.6 Å². The second kappa shape index (κ2) is 3.20. The Kier molecular flexibility index (Phi) is 2.12. The average molecular weight is 232 g/mol. The zero-order chi connectivity index (χ0) is 11.2. The first kappa shape index (κ1) is 9.92. The van der Waals surface area contributed by atoms with Crippen LogP contribution in [0.5, 0.6) is 0 Å². The molecule has 2 N–H and O–H groups in total. The lowest BCUT2D eigenvalue weighted by Crippen LogP contribution is -1.95. The molecule has 0 amide bonds. The Morgan fingerprint density at radius 3 is 2.60 bits per heavy atom. The highest BCUT2D eigenvalue weighted by Gasteiger charge is 2.16. The first-order chi connectivity index (χ1) is 7.00. The summed E-state index contributed by atoms with van der Waals surface area (Å²) in [4.78, 5) is 12.9. The van der Waals surface area contributed by atoms with E-state index in [1.807, 2.05) is 0 Å². The molecule has 3 nitrogen and oxygen atoms in total. The fourth-order valence-corrected chi connectivity index (χ4v) is 1.51. The van der Waals surface area contributed by atoms with Crippen LogP contribution in [0.15, 0.2) is 12.1 Å². The summed E-state index contributed by atoms with van der Waals surface area (Å²) in [7, 11) is 0. The molecule has 0 atom stereocenters. The molecule has 0 aliphatic rings. The number of rotatable bonds is 1. The maximum Gasteiger partial charge on any atom is 0.352 e. The highest BCUT2D eigenvalue weighted by Crippen LogP contribution is 2.29. The quantitative estimate of drug-likeness (QED) is 0.742. The summed E-state index contributed by atoms with van der Waals surface area (Å²) >= 11 is 5.56. The summed E-state index contributed by atoms with van der Waals surface area (Å²) in [5.41, 5.74) is -0.352. The van der Waals surface area contributed by atoms with Crippen molar-refractivity contribution in [3.63, 3.8) is 0 Å². The van der Waals surface area contributed by atoms with Crippen LogP contribution >= 0.6 is 11.6 Å². The molecule has 2 aromatic rings. The Morgan fingerprint density at radius 1 is 1.33 bits per heavy atom. The number of H-pyrrole nitrogens is 1. The van der Waals surface area contributed by atoms with Crippen LogP contribution in [-0.2, 0) is 0 Å². The summed E-state index contributed by atoms with van der Waals surface area (Å²) < 4.78 is 26.2. The molecule has 1 heterocycles. The minimum atomic E-state index is -1.26. The monoisotopic (exact) mass is 231 g/mol. The molecule has 0 aliphatic carbocycles. The van der Waals surface area contributed by atoms with Crippen molar-refractivity contribution in [3.8, 4) is 0 Å². The van der Waals surface area contributed by atoms with E-state index in [1.165, 1.54) is 0 Å². The van der Waals surface area contributed by atoms with Gasteiger partial charge in [-0.15, -0.1) is 0 Å². The van der Waals surface area contributed by atoms with Crippen molar-refractivity contribution < 1.29 is 18.7 Å². The van der Waals surface area contributed by atoms with Crippen LogP contribution in [-0.4, -0.2) is 16.1 Å². The van der Waals surface area contributed by atoms with Gasteiger partial charge in [-0.3, -0.25) is 0 Å².